The number of hydrogen-bond donors (Lipinski definition) is 3. The zero-order chi connectivity index (χ0) is 17.9. The SMILES string of the molecule is COc1ccc(CCNC(=O)[C@@H](C)OC(=O)CCNC(N)=O)cc1. The van der Waals surface area contributed by atoms with Crippen molar-refractivity contribution in [3.05, 3.63) is 29.8 Å². The summed E-state index contributed by atoms with van der Waals surface area (Å²) in [6.45, 7) is 1.98. The number of nitrogens with two attached hydrogens (primary N) is 1. The van der Waals surface area contributed by atoms with Gasteiger partial charge in [0.25, 0.3) is 5.91 Å². The fourth-order valence-electron chi connectivity index (χ4n) is 1.86. The minimum absolute atomic E-state index is 0.0492. The molecule has 3 amide bonds. The van der Waals surface area contributed by atoms with Crippen molar-refractivity contribution < 1.29 is 23.9 Å². The van der Waals surface area contributed by atoms with Crippen molar-refractivity contribution in [3.8, 4) is 5.75 Å². The van der Waals surface area contributed by atoms with Crippen LogP contribution >= 0.6 is 0 Å². The van der Waals surface area contributed by atoms with Crippen LogP contribution in [0.2, 0.25) is 0 Å². The Morgan fingerprint density at radius 3 is 2.38 bits per heavy atom. The van der Waals surface area contributed by atoms with Gasteiger partial charge in [0.1, 0.15) is 5.75 Å². The first-order valence-corrected chi connectivity index (χ1v) is 7.55. The predicted molar refractivity (Wildman–Crippen MR) is 87.5 cm³/mol. The van der Waals surface area contributed by atoms with Crippen molar-refractivity contribution in [2.75, 3.05) is 20.2 Å². The van der Waals surface area contributed by atoms with E-state index in [1.807, 2.05) is 24.3 Å². The quantitative estimate of drug-likeness (QED) is 0.561. The maximum atomic E-state index is 11.9. The Kier molecular flexibility index (Phi) is 8.10. The lowest BCUT2D eigenvalue weighted by molar-refractivity contribution is -0.154. The van der Waals surface area contributed by atoms with Crippen LogP contribution in [0, 0.1) is 0 Å². The van der Waals surface area contributed by atoms with Crippen LogP contribution in [0.3, 0.4) is 0 Å². The van der Waals surface area contributed by atoms with Gasteiger partial charge in [0, 0.05) is 13.1 Å². The monoisotopic (exact) mass is 337 g/mol. The van der Waals surface area contributed by atoms with Gasteiger partial charge in [-0.1, -0.05) is 12.1 Å². The van der Waals surface area contributed by atoms with Crippen LogP contribution in [0.1, 0.15) is 18.9 Å². The highest BCUT2D eigenvalue weighted by molar-refractivity contribution is 5.83. The zero-order valence-corrected chi connectivity index (χ0v) is 13.8. The van der Waals surface area contributed by atoms with E-state index < -0.39 is 18.1 Å². The maximum absolute atomic E-state index is 11.9. The van der Waals surface area contributed by atoms with E-state index >= 15 is 0 Å². The van der Waals surface area contributed by atoms with Gasteiger partial charge in [-0.3, -0.25) is 9.59 Å². The summed E-state index contributed by atoms with van der Waals surface area (Å²) >= 11 is 0. The summed E-state index contributed by atoms with van der Waals surface area (Å²) in [5.74, 6) is -0.185. The molecule has 8 nitrogen and oxygen atoms in total. The average molecular weight is 337 g/mol. The normalized spacial score (nSPS) is 11.2. The number of primary amides is 1. The fraction of sp³-hybridized carbons (Fsp3) is 0.438. The maximum Gasteiger partial charge on any atom is 0.312 e. The molecule has 1 aromatic carbocycles. The minimum Gasteiger partial charge on any atom is -0.497 e. The Morgan fingerprint density at radius 2 is 1.79 bits per heavy atom. The van der Waals surface area contributed by atoms with Crippen molar-refractivity contribution in [1.82, 2.24) is 10.6 Å². The van der Waals surface area contributed by atoms with Gasteiger partial charge in [-0.25, -0.2) is 4.79 Å². The van der Waals surface area contributed by atoms with Crippen LogP contribution < -0.4 is 21.1 Å². The molecule has 0 saturated heterocycles. The fourth-order valence-corrected chi connectivity index (χ4v) is 1.86. The first-order chi connectivity index (χ1) is 11.4. The van der Waals surface area contributed by atoms with Gasteiger partial charge in [0.15, 0.2) is 6.10 Å². The molecule has 1 rings (SSSR count). The van der Waals surface area contributed by atoms with E-state index in [2.05, 4.69) is 10.6 Å². The molecule has 0 spiro atoms. The third-order valence-electron chi connectivity index (χ3n) is 3.18. The van der Waals surface area contributed by atoms with Gasteiger partial charge in [-0.05, 0) is 31.0 Å². The molecule has 0 aromatic heterocycles. The Bertz CT molecular complexity index is 559. The van der Waals surface area contributed by atoms with Crippen molar-refractivity contribution in [2.24, 2.45) is 5.73 Å². The Hall–Kier alpha value is -2.77. The largest absolute Gasteiger partial charge is 0.497 e. The van der Waals surface area contributed by atoms with Crippen molar-refractivity contribution in [1.29, 1.82) is 0 Å². The van der Waals surface area contributed by atoms with Crippen LogP contribution in [0.15, 0.2) is 24.3 Å². The molecule has 132 valence electrons. The highest BCUT2D eigenvalue weighted by Crippen LogP contribution is 2.11. The Morgan fingerprint density at radius 1 is 1.12 bits per heavy atom. The van der Waals surface area contributed by atoms with Gasteiger partial charge >= 0.3 is 12.0 Å². The third-order valence-corrected chi connectivity index (χ3v) is 3.18. The zero-order valence-electron chi connectivity index (χ0n) is 13.8. The minimum atomic E-state index is -0.901. The topological polar surface area (TPSA) is 120 Å². The number of esters is 1. The second-order valence-corrected chi connectivity index (χ2v) is 5.06. The van der Waals surface area contributed by atoms with Crippen LogP contribution in [-0.4, -0.2) is 44.2 Å². The van der Waals surface area contributed by atoms with Crippen LogP contribution in [0.4, 0.5) is 4.79 Å². The van der Waals surface area contributed by atoms with E-state index in [0.29, 0.717) is 13.0 Å². The van der Waals surface area contributed by atoms with Crippen molar-refractivity contribution >= 4 is 17.9 Å². The number of carbonyl (C=O) groups is 3. The van der Waals surface area contributed by atoms with E-state index in [1.165, 1.54) is 6.92 Å². The molecule has 0 aliphatic carbocycles. The Labute approximate surface area is 140 Å². The smallest absolute Gasteiger partial charge is 0.312 e. The molecule has 0 aliphatic heterocycles. The first-order valence-electron chi connectivity index (χ1n) is 7.55. The molecule has 0 radical (unpaired) electrons. The molecular formula is C16H23N3O5. The first kappa shape index (κ1) is 19.3. The number of rotatable bonds is 9. The van der Waals surface area contributed by atoms with Gasteiger partial charge < -0.3 is 25.8 Å². The molecule has 1 atom stereocenters. The van der Waals surface area contributed by atoms with Gasteiger partial charge in [0.2, 0.25) is 0 Å². The predicted octanol–water partition coefficient (Wildman–Crippen LogP) is 0.344. The standard InChI is InChI=1S/C16H23N3O5/c1-11(24-14(20)8-10-19-16(17)22)15(21)18-9-7-12-3-5-13(23-2)6-4-12/h3-6,11H,7-10H2,1-2H3,(H,18,21)(H3,17,19,22)/t11-/m1/s1. The highest BCUT2D eigenvalue weighted by atomic mass is 16.5. The van der Waals surface area contributed by atoms with Crippen LogP contribution in [0.5, 0.6) is 5.75 Å². The number of amides is 3. The van der Waals surface area contributed by atoms with Crippen molar-refractivity contribution in [2.45, 2.75) is 25.9 Å². The Balaban J connectivity index is 2.25. The molecule has 1 aromatic rings. The molecule has 0 heterocycles. The third kappa shape index (κ3) is 7.48. The lowest BCUT2D eigenvalue weighted by atomic mass is 10.1. The summed E-state index contributed by atoms with van der Waals surface area (Å²) in [5.41, 5.74) is 5.93. The number of benzene rings is 1. The van der Waals surface area contributed by atoms with E-state index in [9.17, 15) is 14.4 Å². The molecular weight excluding hydrogens is 314 g/mol. The van der Waals surface area contributed by atoms with Crippen LogP contribution in [0.25, 0.3) is 0 Å². The number of hydrogen-bond acceptors (Lipinski definition) is 5. The van der Waals surface area contributed by atoms with Crippen LogP contribution in [-0.2, 0) is 20.7 Å². The van der Waals surface area contributed by atoms with E-state index in [1.54, 1.807) is 7.11 Å². The average Bonchev–Trinajstić information content (AvgIpc) is 2.54. The molecule has 24 heavy (non-hydrogen) atoms. The molecule has 0 unspecified atom stereocenters. The molecule has 0 fully saturated rings. The van der Waals surface area contributed by atoms with E-state index in [0.717, 1.165) is 11.3 Å². The van der Waals surface area contributed by atoms with Gasteiger partial charge in [-0.2, -0.15) is 0 Å². The molecule has 0 bridgehead atoms. The molecule has 0 saturated carbocycles. The summed E-state index contributed by atoms with van der Waals surface area (Å²) in [6, 6.07) is 6.82. The molecule has 0 aliphatic rings. The number of carbonyl (C=O) groups excluding carboxylic acids is 3. The second-order valence-electron chi connectivity index (χ2n) is 5.06. The lowest BCUT2D eigenvalue weighted by Gasteiger charge is -2.13. The number of methoxy groups -OCH3 is 1. The molecule has 8 heteroatoms. The summed E-state index contributed by atoms with van der Waals surface area (Å²) in [4.78, 5) is 33.8. The second kappa shape index (κ2) is 10.1. The van der Waals surface area contributed by atoms with E-state index in [-0.39, 0.29) is 18.9 Å². The van der Waals surface area contributed by atoms with Gasteiger partial charge in [0.05, 0.1) is 13.5 Å². The number of ether oxygens (including phenoxy) is 2. The van der Waals surface area contributed by atoms with E-state index in [4.69, 9.17) is 15.2 Å². The lowest BCUT2D eigenvalue weighted by Crippen LogP contribution is -2.37. The molecule has 4 N–H and O–H groups in total. The summed E-state index contributed by atoms with van der Waals surface area (Å²) in [7, 11) is 1.60. The summed E-state index contributed by atoms with van der Waals surface area (Å²) in [6.07, 6.45) is -0.298. The number of urea groups is 1. The van der Waals surface area contributed by atoms with Crippen molar-refractivity contribution in [3.63, 3.8) is 0 Å². The van der Waals surface area contributed by atoms with Gasteiger partial charge in [-0.15, -0.1) is 0 Å². The number of nitrogens with one attached hydrogen (secondary N) is 2. The highest BCUT2D eigenvalue weighted by Gasteiger charge is 2.17. The summed E-state index contributed by atoms with van der Waals surface area (Å²) in [5, 5.41) is 4.97. The summed E-state index contributed by atoms with van der Waals surface area (Å²) < 4.78 is 10.0.